The molecule has 0 bridgehead atoms. The molecule has 2 rings (SSSR count). The summed E-state index contributed by atoms with van der Waals surface area (Å²) in [6.07, 6.45) is 2.40. The maximum Gasteiger partial charge on any atom is 0.0672 e. The Hall–Kier alpha value is -1.12. The Labute approximate surface area is 110 Å². The van der Waals surface area contributed by atoms with Crippen LogP contribution in [0, 0.1) is 6.92 Å². The highest BCUT2D eigenvalue weighted by Gasteiger charge is 2.21. The van der Waals surface area contributed by atoms with E-state index >= 15 is 0 Å². The van der Waals surface area contributed by atoms with E-state index in [-0.39, 0.29) is 0 Å². The summed E-state index contributed by atoms with van der Waals surface area (Å²) in [6, 6.07) is 7.30. The van der Waals surface area contributed by atoms with Gasteiger partial charge in [0.25, 0.3) is 0 Å². The van der Waals surface area contributed by atoms with E-state index in [0.29, 0.717) is 12.6 Å². The van der Waals surface area contributed by atoms with Gasteiger partial charge >= 0.3 is 0 Å². The van der Waals surface area contributed by atoms with E-state index < -0.39 is 0 Å². The van der Waals surface area contributed by atoms with Gasteiger partial charge in [0.15, 0.2) is 0 Å². The molecule has 1 unspecified atom stereocenters. The summed E-state index contributed by atoms with van der Waals surface area (Å²) in [7, 11) is 0. The van der Waals surface area contributed by atoms with Gasteiger partial charge in [-0.15, -0.1) is 0 Å². The van der Waals surface area contributed by atoms with Gasteiger partial charge in [-0.2, -0.15) is 0 Å². The molecule has 0 amide bonds. The molecular formula is C16H23NO. The minimum Gasteiger partial charge on any atom is -0.376 e. The largest absolute Gasteiger partial charge is 0.376 e. The quantitative estimate of drug-likeness (QED) is 0.614. The Bertz CT molecular complexity index is 425. The highest BCUT2D eigenvalue weighted by molar-refractivity contribution is 5.37. The van der Waals surface area contributed by atoms with Crippen molar-refractivity contribution in [3.63, 3.8) is 0 Å². The molecule has 98 valence electrons. The highest BCUT2D eigenvalue weighted by atomic mass is 16.5. The molecule has 0 aliphatic heterocycles. The van der Waals surface area contributed by atoms with Gasteiger partial charge < -0.3 is 10.1 Å². The summed E-state index contributed by atoms with van der Waals surface area (Å²) in [4.78, 5) is 0. The van der Waals surface area contributed by atoms with Crippen molar-refractivity contribution < 1.29 is 4.74 Å². The fourth-order valence-electron chi connectivity index (χ4n) is 2.49. The molecule has 1 aromatic carbocycles. The summed E-state index contributed by atoms with van der Waals surface area (Å²) < 4.78 is 5.50. The number of ether oxygens (including phenoxy) is 1. The van der Waals surface area contributed by atoms with Crippen LogP contribution in [0.25, 0.3) is 0 Å². The van der Waals surface area contributed by atoms with Crippen LogP contribution < -0.4 is 5.32 Å². The second-order valence-electron chi connectivity index (χ2n) is 5.26. The van der Waals surface area contributed by atoms with Crippen LogP contribution >= 0.6 is 0 Å². The zero-order valence-electron chi connectivity index (χ0n) is 11.5. The standard InChI is InChI=1S/C16H23NO/c1-12(2)11-18-9-8-17-16-7-6-14-5-4-13(3)10-15(14)16/h4-5,10,16-17H,1,6-9,11H2,2-3H3. The number of hydrogen-bond donors (Lipinski definition) is 1. The predicted molar refractivity (Wildman–Crippen MR) is 75.9 cm³/mol. The molecule has 1 atom stereocenters. The van der Waals surface area contributed by atoms with E-state index in [1.54, 1.807) is 0 Å². The zero-order valence-corrected chi connectivity index (χ0v) is 11.5. The molecule has 0 spiro atoms. The van der Waals surface area contributed by atoms with Crippen LogP contribution in [0.3, 0.4) is 0 Å². The molecule has 1 aliphatic carbocycles. The van der Waals surface area contributed by atoms with Crippen molar-refractivity contribution in [2.75, 3.05) is 19.8 Å². The van der Waals surface area contributed by atoms with Crippen LogP contribution in [-0.4, -0.2) is 19.8 Å². The van der Waals surface area contributed by atoms with Crippen LogP contribution in [0.4, 0.5) is 0 Å². The van der Waals surface area contributed by atoms with Crippen LogP contribution in [-0.2, 0) is 11.2 Å². The van der Waals surface area contributed by atoms with Gasteiger partial charge in [0, 0.05) is 12.6 Å². The topological polar surface area (TPSA) is 21.3 Å². The third kappa shape index (κ3) is 3.44. The highest BCUT2D eigenvalue weighted by Crippen LogP contribution is 2.31. The van der Waals surface area contributed by atoms with Gasteiger partial charge in [-0.05, 0) is 37.8 Å². The van der Waals surface area contributed by atoms with Gasteiger partial charge in [-0.1, -0.05) is 35.9 Å². The third-order valence-electron chi connectivity index (χ3n) is 3.36. The number of aryl methyl sites for hydroxylation is 2. The predicted octanol–water partition coefficient (Wildman–Crippen LogP) is 3.16. The number of rotatable bonds is 6. The van der Waals surface area contributed by atoms with Crippen LogP contribution in [0.2, 0.25) is 0 Å². The lowest BCUT2D eigenvalue weighted by Gasteiger charge is -2.14. The maximum absolute atomic E-state index is 5.50. The van der Waals surface area contributed by atoms with E-state index in [4.69, 9.17) is 4.74 Å². The van der Waals surface area contributed by atoms with Crippen molar-refractivity contribution in [1.82, 2.24) is 5.32 Å². The molecular weight excluding hydrogens is 222 g/mol. The summed E-state index contributed by atoms with van der Waals surface area (Å²) in [6.45, 7) is 10.3. The molecule has 2 nitrogen and oxygen atoms in total. The first kappa shape index (κ1) is 13.3. The average Bonchev–Trinajstić information content (AvgIpc) is 2.71. The number of nitrogens with one attached hydrogen (secondary N) is 1. The summed E-state index contributed by atoms with van der Waals surface area (Å²) in [5.74, 6) is 0. The molecule has 1 N–H and O–H groups in total. The minimum atomic E-state index is 0.508. The van der Waals surface area contributed by atoms with Crippen molar-refractivity contribution >= 4 is 0 Å². The van der Waals surface area contributed by atoms with Crippen LogP contribution in [0.15, 0.2) is 30.4 Å². The molecule has 2 heteroatoms. The van der Waals surface area contributed by atoms with E-state index in [2.05, 4.69) is 37.0 Å². The molecule has 18 heavy (non-hydrogen) atoms. The van der Waals surface area contributed by atoms with Crippen molar-refractivity contribution in [3.8, 4) is 0 Å². The lowest BCUT2D eigenvalue weighted by atomic mass is 10.1. The van der Waals surface area contributed by atoms with E-state index in [0.717, 1.165) is 18.7 Å². The van der Waals surface area contributed by atoms with Gasteiger partial charge in [0.1, 0.15) is 0 Å². The Morgan fingerprint density at radius 3 is 3.11 bits per heavy atom. The van der Waals surface area contributed by atoms with Gasteiger partial charge in [-0.25, -0.2) is 0 Å². The number of hydrogen-bond acceptors (Lipinski definition) is 2. The lowest BCUT2D eigenvalue weighted by molar-refractivity contribution is 0.155. The van der Waals surface area contributed by atoms with E-state index in [1.807, 2.05) is 6.92 Å². The van der Waals surface area contributed by atoms with Gasteiger partial charge in [-0.3, -0.25) is 0 Å². The van der Waals surface area contributed by atoms with Crippen LogP contribution in [0.5, 0.6) is 0 Å². The van der Waals surface area contributed by atoms with Gasteiger partial charge in [0.2, 0.25) is 0 Å². The molecule has 0 saturated heterocycles. The van der Waals surface area contributed by atoms with Crippen molar-refractivity contribution in [2.45, 2.75) is 32.7 Å². The van der Waals surface area contributed by atoms with Crippen molar-refractivity contribution in [2.24, 2.45) is 0 Å². The molecule has 0 saturated carbocycles. The summed E-state index contributed by atoms with van der Waals surface area (Å²) >= 11 is 0. The maximum atomic E-state index is 5.50. The monoisotopic (exact) mass is 245 g/mol. The fraction of sp³-hybridized carbons (Fsp3) is 0.500. The molecule has 0 heterocycles. The van der Waals surface area contributed by atoms with Crippen molar-refractivity contribution in [3.05, 3.63) is 47.0 Å². The number of fused-ring (bicyclic) bond motifs is 1. The van der Waals surface area contributed by atoms with E-state index in [9.17, 15) is 0 Å². The minimum absolute atomic E-state index is 0.508. The van der Waals surface area contributed by atoms with E-state index in [1.165, 1.54) is 29.5 Å². The first-order chi connectivity index (χ1) is 8.66. The Balaban J connectivity index is 1.79. The lowest BCUT2D eigenvalue weighted by Crippen LogP contribution is -2.24. The molecule has 1 aromatic rings. The smallest absolute Gasteiger partial charge is 0.0672 e. The Morgan fingerprint density at radius 1 is 1.50 bits per heavy atom. The molecule has 0 aromatic heterocycles. The normalized spacial score (nSPS) is 17.8. The third-order valence-corrected chi connectivity index (χ3v) is 3.36. The average molecular weight is 245 g/mol. The first-order valence-corrected chi connectivity index (χ1v) is 6.72. The second kappa shape index (κ2) is 6.17. The summed E-state index contributed by atoms with van der Waals surface area (Å²) in [5, 5.41) is 3.58. The fourth-order valence-corrected chi connectivity index (χ4v) is 2.49. The molecule has 0 radical (unpaired) electrons. The molecule has 0 fully saturated rings. The first-order valence-electron chi connectivity index (χ1n) is 6.72. The number of benzene rings is 1. The van der Waals surface area contributed by atoms with Gasteiger partial charge in [0.05, 0.1) is 13.2 Å². The summed E-state index contributed by atoms with van der Waals surface area (Å²) in [5.41, 5.74) is 5.41. The van der Waals surface area contributed by atoms with Crippen LogP contribution in [0.1, 0.15) is 36.1 Å². The van der Waals surface area contributed by atoms with Crippen molar-refractivity contribution in [1.29, 1.82) is 0 Å². The Kier molecular flexibility index (Phi) is 4.56. The SMILES string of the molecule is C=C(C)COCCNC1CCc2ccc(C)cc21. The Morgan fingerprint density at radius 2 is 2.33 bits per heavy atom. The second-order valence-corrected chi connectivity index (χ2v) is 5.26. The zero-order chi connectivity index (χ0) is 13.0. The molecule has 1 aliphatic rings.